The molecule has 0 bridgehead atoms. The highest BCUT2D eigenvalue weighted by molar-refractivity contribution is 7.92. The van der Waals surface area contributed by atoms with Crippen molar-refractivity contribution >= 4 is 21.6 Å². The van der Waals surface area contributed by atoms with Gasteiger partial charge in [-0.3, -0.25) is 14.5 Å². The fraction of sp³-hybridized carbons (Fsp3) is 0.333. The van der Waals surface area contributed by atoms with E-state index in [1.165, 1.54) is 36.7 Å². The number of benzene rings is 1. The number of amides is 1. The van der Waals surface area contributed by atoms with Crippen LogP contribution in [-0.4, -0.2) is 29.4 Å². The van der Waals surface area contributed by atoms with Crippen molar-refractivity contribution in [3.05, 3.63) is 66.1 Å². The molecule has 31 heavy (non-hydrogen) atoms. The SMILES string of the molecule is CC(C)C(NC(=O)c1ccc(S(=O)(=O)Nc2ccncc2)cc1)c1nc(C2CC2)no1. The molecule has 1 aliphatic carbocycles. The first-order valence-corrected chi connectivity index (χ1v) is 11.5. The molecule has 3 aromatic rings. The van der Waals surface area contributed by atoms with E-state index in [2.05, 4.69) is 25.2 Å². The zero-order valence-corrected chi connectivity index (χ0v) is 18.0. The number of nitrogens with one attached hydrogen (secondary N) is 2. The van der Waals surface area contributed by atoms with Crippen molar-refractivity contribution in [1.82, 2.24) is 20.4 Å². The Balaban J connectivity index is 1.46. The molecule has 0 radical (unpaired) electrons. The van der Waals surface area contributed by atoms with E-state index in [0.29, 0.717) is 28.9 Å². The molecule has 1 aliphatic rings. The van der Waals surface area contributed by atoms with Gasteiger partial charge in [-0.2, -0.15) is 4.98 Å². The summed E-state index contributed by atoms with van der Waals surface area (Å²) >= 11 is 0. The average molecular weight is 442 g/mol. The Bertz CT molecular complexity index is 1160. The summed E-state index contributed by atoms with van der Waals surface area (Å²) in [5, 5.41) is 6.93. The number of nitrogens with zero attached hydrogens (tertiary/aromatic N) is 3. The molecule has 2 N–H and O–H groups in total. The van der Waals surface area contributed by atoms with Gasteiger partial charge in [-0.25, -0.2) is 8.42 Å². The molecule has 2 heterocycles. The summed E-state index contributed by atoms with van der Waals surface area (Å²) < 4.78 is 32.9. The Labute approximate surface area is 180 Å². The maximum atomic E-state index is 12.8. The third kappa shape index (κ3) is 4.91. The van der Waals surface area contributed by atoms with E-state index in [0.717, 1.165) is 12.8 Å². The molecule has 1 aromatic carbocycles. The van der Waals surface area contributed by atoms with Crippen molar-refractivity contribution < 1.29 is 17.7 Å². The van der Waals surface area contributed by atoms with E-state index < -0.39 is 16.1 Å². The van der Waals surface area contributed by atoms with Gasteiger partial charge in [-0.1, -0.05) is 19.0 Å². The summed E-state index contributed by atoms with van der Waals surface area (Å²) in [6.07, 6.45) is 5.10. The summed E-state index contributed by atoms with van der Waals surface area (Å²) in [7, 11) is -3.78. The highest BCUT2D eigenvalue weighted by atomic mass is 32.2. The van der Waals surface area contributed by atoms with Crippen LogP contribution >= 0.6 is 0 Å². The maximum absolute atomic E-state index is 12.8. The van der Waals surface area contributed by atoms with Crippen LogP contribution in [0, 0.1) is 5.92 Å². The fourth-order valence-electron chi connectivity index (χ4n) is 3.04. The number of anilines is 1. The summed E-state index contributed by atoms with van der Waals surface area (Å²) in [6, 6.07) is 8.38. The topological polar surface area (TPSA) is 127 Å². The third-order valence-electron chi connectivity index (χ3n) is 4.98. The number of sulfonamides is 1. The van der Waals surface area contributed by atoms with Crippen molar-refractivity contribution in [3.63, 3.8) is 0 Å². The molecule has 4 rings (SSSR count). The number of pyridine rings is 1. The van der Waals surface area contributed by atoms with Gasteiger partial charge in [0.05, 0.1) is 10.6 Å². The summed E-state index contributed by atoms with van der Waals surface area (Å²) in [6.45, 7) is 3.90. The molecule has 1 atom stereocenters. The van der Waals surface area contributed by atoms with Crippen LogP contribution in [0.5, 0.6) is 0 Å². The van der Waals surface area contributed by atoms with Crippen molar-refractivity contribution in [2.45, 2.75) is 43.5 Å². The van der Waals surface area contributed by atoms with Crippen LogP contribution in [0.1, 0.15) is 60.7 Å². The van der Waals surface area contributed by atoms with Crippen LogP contribution in [0.25, 0.3) is 0 Å². The number of carbonyl (C=O) groups is 1. The van der Waals surface area contributed by atoms with E-state index in [-0.39, 0.29) is 16.7 Å². The molecule has 1 fully saturated rings. The van der Waals surface area contributed by atoms with E-state index >= 15 is 0 Å². The normalized spacial score (nSPS) is 14.9. The second-order valence-electron chi connectivity index (χ2n) is 7.83. The zero-order valence-electron chi connectivity index (χ0n) is 17.1. The third-order valence-corrected chi connectivity index (χ3v) is 6.38. The van der Waals surface area contributed by atoms with Gasteiger partial charge in [-0.05, 0) is 55.2 Å². The molecule has 0 saturated heterocycles. The first-order valence-electron chi connectivity index (χ1n) is 10.0. The average Bonchev–Trinajstić information content (AvgIpc) is 3.49. The lowest BCUT2D eigenvalue weighted by Crippen LogP contribution is -2.32. The summed E-state index contributed by atoms with van der Waals surface area (Å²) in [5.74, 6) is 1.10. The monoisotopic (exact) mass is 441 g/mol. The first kappa shape index (κ1) is 21.0. The summed E-state index contributed by atoms with van der Waals surface area (Å²) in [5.41, 5.74) is 0.733. The smallest absolute Gasteiger partial charge is 0.261 e. The van der Waals surface area contributed by atoms with Gasteiger partial charge in [0.15, 0.2) is 5.82 Å². The quantitative estimate of drug-likeness (QED) is 0.549. The molecule has 0 aliphatic heterocycles. The van der Waals surface area contributed by atoms with Gasteiger partial charge in [-0.15, -0.1) is 0 Å². The first-order chi connectivity index (χ1) is 14.8. The Kier molecular flexibility index (Phi) is 5.73. The zero-order chi connectivity index (χ0) is 22.0. The highest BCUT2D eigenvalue weighted by Crippen LogP contribution is 2.38. The van der Waals surface area contributed by atoms with Crippen molar-refractivity contribution in [2.24, 2.45) is 5.92 Å². The van der Waals surface area contributed by atoms with Crippen LogP contribution in [0.4, 0.5) is 5.69 Å². The number of hydrogen-bond acceptors (Lipinski definition) is 7. The lowest BCUT2D eigenvalue weighted by Gasteiger charge is -2.18. The minimum atomic E-state index is -3.78. The molecule has 162 valence electrons. The van der Waals surface area contributed by atoms with Crippen molar-refractivity contribution in [1.29, 1.82) is 0 Å². The molecule has 2 aromatic heterocycles. The molecular weight excluding hydrogens is 418 g/mol. The number of carbonyl (C=O) groups excluding carboxylic acids is 1. The second-order valence-corrected chi connectivity index (χ2v) is 9.51. The minimum Gasteiger partial charge on any atom is -0.340 e. The van der Waals surface area contributed by atoms with Crippen LogP contribution in [0.15, 0.2) is 58.2 Å². The van der Waals surface area contributed by atoms with Gasteiger partial charge in [0, 0.05) is 23.9 Å². The summed E-state index contributed by atoms with van der Waals surface area (Å²) in [4.78, 5) is 21.1. The largest absolute Gasteiger partial charge is 0.340 e. The standard InChI is InChI=1S/C21H23N5O4S/c1-13(2)18(21-24-19(25-30-21)14-3-4-14)23-20(27)15-5-7-17(8-6-15)31(28,29)26-16-9-11-22-12-10-16/h5-14,18H,3-4H2,1-2H3,(H,22,26)(H,23,27). The Morgan fingerprint density at radius 2 is 1.77 bits per heavy atom. The second kappa shape index (κ2) is 8.46. The predicted molar refractivity (Wildman–Crippen MR) is 113 cm³/mol. The van der Waals surface area contributed by atoms with E-state index in [9.17, 15) is 13.2 Å². The van der Waals surface area contributed by atoms with Crippen molar-refractivity contribution in [3.8, 4) is 0 Å². The molecule has 1 unspecified atom stereocenters. The number of hydrogen-bond donors (Lipinski definition) is 2. The van der Waals surface area contributed by atoms with Crippen molar-refractivity contribution in [2.75, 3.05) is 4.72 Å². The van der Waals surface area contributed by atoms with Crippen LogP contribution < -0.4 is 10.0 Å². The van der Waals surface area contributed by atoms with E-state index in [1.807, 2.05) is 13.8 Å². The van der Waals surface area contributed by atoms with Gasteiger partial charge in [0.25, 0.3) is 15.9 Å². The maximum Gasteiger partial charge on any atom is 0.261 e. The van der Waals surface area contributed by atoms with Crippen LogP contribution in [0.2, 0.25) is 0 Å². The van der Waals surface area contributed by atoms with Crippen LogP contribution in [-0.2, 0) is 10.0 Å². The number of rotatable bonds is 8. The van der Waals surface area contributed by atoms with Crippen LogP contribution in [0.3, 0.4) is 0 Å². The number of aromatic nitrogens is 3. The lowest BCUT2D eigenvalue weighted by atomic mass is 10.0. The molecule has 9 nitrogen and oxygen atoms in total. The minimum absolute atomic E-state index is 0.0284. The van der Waals surface area contributed by atoms with Gasteiger partial charge < -0.3 is 9.84 Å². The Morgan fingerprint density at radius 1 is 1.10 bits per heavy atom. The Morgan fingerprint density at radius 3 is 2.39 bits per heavy atom. The Hall–Kier alpha value is -3.27. The highest BCUT2D eigenvalue weighted by Gasteiger charge is 2.31. The van der Waals surface area contributed by atoms with E-state index in [4.69, 9.17) is 4.52 Å². The molecule has 0 spiro atoms. The lowest BCUT2D eigenvalue weighted by molar-refractivity contribution is 0.0914. The van der Waals surface area contributed by atoms with Gasteiger partial charge >= 0.3 is 0 Å². The predicted octanol–water partition coefficient (Wildman–Crippen LogP) is 3.27. The van der Waals surface area contributed by atoms with Gasteiger partial charge in [0.1, 0.15) is 6.04 Å². The molecule has 10 heteroatoms. The van der Waals surface area contributed by atoms with Gasteiger partial charge in [0.2, 0.25) is 5.89 Å². The fourth-order valence-corrected chi connectivity index (χ4v) is 4.10. The molecular formula is C21H23N5O4S. The molecule has 1 saturated carbocycles. The molecule has 1 amide bonds. The van der Waals surface area contributed by atoms with E-state index in [1.54, 1.807) is 12.1 Å².